The van der Waals surface area contributed by atoms with Gasteiger partial charge in [-0.2, -0.15) is 0 Å². The second kappa shape index (κ2) is 5.70. The van der Waals surface area contributed by atoms with Crippen LogP contribution in [0.3, 0.4) is 0 Å². The van der Waals surface area contributed by atoms with Crippen LogP contribution in [0.15, 0.2) is 0 Å². The van der Waals surface area contributed by atoms with Crippen LogP contribution in [-0.2, 0) is 9.59 Å². The SMILES string of the molecule is CC(O)CN(C)C(=O)C(C)C(C)C(=O)O. The van der Waals surface area contributed by atoms with Gasteiger partial charge in [0.05, 0.1) is 12.0 Å². The largest absolute Gasteiger partial charge is 0.481 e. The first kappa shape index (κ1) is 13.9. The van der Waals surface area contributed by atoms with E-state index in [9.17, 15) is 9.59 Å². The molecule has 3 unspecified atom stereocenters. The molecular weight excluding hydrogens is 198 g/mol. The molecule has 0 saturated heterocycles. The number of likely N-dealkylation sites (N-methyl/N-ethyl adjacent to an activating group) is 1. The van der Waals surface area contributed by atoms with Gasteiger partial charge in [0.25, 0.3) is 0 Å². The number of carbonyl (C=O) groups is 2. The normalized spacial score (nSPS) is 16.6. The standard InChI is InChI=1S/C10H19NO4/c1-6(12)5-11(4)9(13)7(2)8(3)10(14)15/h6-8,12H,5H2,1-4H3,(H,14,15). The lowest BCUT2D eigenvalue weighted by atomic mass is 9.95. The molecule has 0 aromatic carbocycles. The van der Waals surface area contributed by atoms with Crippen LogP contribution >= 0.6 is 0 Å². The van der Waals surface area contributed by atoms with Crippen molar-refractivity contribution in [3.8, 4) is 0 Å². The molecule has 0 spiro atoms. The van der Waals surface area contributed by atoms with Crippen molar-refractivity contribution in [1.29, 1.82) is 0 Å². The molecule has 0 aliphatic heterocycles. The van der Waals surface area contributed by atoms with Gasteiger partial charge >= 0.3 is 5.97 Å². The number of carbonyl (C=O) groups excluding carboxylic acids is 1. The summed E-state index contributed by atoms with van der Waals surface area (Å²) in [6.07, 6.45) is -0.605. The van der Waals surface area contributed by atoms with Crippen molar-refractivity contribution in [3.05, 3.63) is 0 Å². The molecule has 5 nitrogen and oxygen atoms in total. The lowest BCUT2D eigenvalue weighted by molar-refractivity contribution is -0.148. The lowest BCUT2D eigenvalue weighted by Gasteiger charge is -2.24. The fourth-order valence-electron chi connectivity index (χ4n) is 1.26. The van der Waals surface area contributed by atoms with Crippen LogP contribution in [0.2, 0.25) is 0 Å². The molecular formula is C10H19NO4. The van der Waals surface area contributed by atoms with E-state index in [1.54, 1.807) is 20.9 Å². The Morgan fingerprint density at radius 2 is 1.67 bits per heavy atom. The van der Waals surface area contributed by atoms with Gasteiger partial charge in [-0.1, -0.05) is 13.8 Å². The van der Waals surface area contributed by atoms with Crippen molar-refractivity contribution in [2.45, 2.75) is 26.9 Å². The maximum absolute atomic E-state index is 11.7. The van der Waals surface area contributed by atoms with Crippen LogP contribution in [0.1, 0.15) is 20.8 Å². The minimum atomic E-state index is -0.985. The minimum Gasteiger partial charge on any atom is -0.481 e. The van der Waals surface area contributed by atoms with Crippen molar-refractivity contribution in [2.24, 2.45) is 11.8 Å². The molecule has 1 amide bonds. The van der Waals surface area contributed by atoms with Crippen LogP contribution in [-0.4, -0.2) is 46.7 Å². The summed E-state index contributed by atoms with van der Waals surface area (Å²) in [5, 5.41) is 17.8. The number of hydrogen-bond donors (Lipinski definition) is 2. The number of aliphatic carboxylic acids is 1. The number of aliphatic hydroxyl groups is 1. The van der Waals surface area contributed by atoms with Crippen LogP contribution in [0.25, 0.3) is 0 Å². The molecule has 0 saturated carbocycles. The maximum Gasteiger partial charge on any atom is 0.307 e. The van der Waals surface area contributed by atoms with Crippen molar-refractivity contribution in [3.63, 3.8) is 0 Å². The minimum absolute atomic E-state index is 0.218. The summed E-state index contributed by atoms with van der Waals surface area (Å²) in [5.74, 6) is -2.53. The summed E-state index contributed by atoms with van der Waals surface area (Å²) in [4.78, 5) is 23.7. The molecule has 0 heterocycles. The Hall–Kier alpha value is -1.10. The molecule has 5 heteroatoms. The molecule has 15 heavy (non-hydrogen) atoms. The van der Waals surface area contributed by atoms with Gasteiger partial charge in [0.1, 0.15) is 0 Å². The van der Waals surface area contributed by atoms with Gasteiger partial charge in [-0.15, -0.1) is 0 Å². The van der Waals surface area contributed by atoms with Crippen LogP contribution in [0, 0.1) is 11.8 Å². The zero-order valence-corrected chi connectivity index (χ0v) is 9.60. The quantitative estimate of drug-likeness (QED) is 0.688. The highest BCUT2D eigenvalue weighted by molar-refractivity contribution is 5.84. The summed E-state index contributed by atoms with van der Waals surface area (Å²) in [5.41, 5.74) is 0. The third kappa shape index (κ3) is 4.29. The summed E-state index contributed by atoms with van der Waals surface area (Å²) < 4.78 is 0. The fourth-order valence-corrected chi connectivity index (χ4v) is 1.26. The van der Waals surface area contributed by atoms with Crippen molar-refractivity contribution in [1.82, 2.24) is 4.90 Å². The second-order valence-corrected chi connectivity index (χ2v) is 3.98. The van der Waals surface area contributed by atoms with Gasteiger partial charge in [0.15, 0.2) is 0 Å². The first-order valence-corrected chi connectivity index (χ1v) is 4.93. The average molecular weight is 217 g/mol. The number of nitrogens with zero attached hydrogens (tertiary/aromatic N) is 1. The molecule has 3 atom stereocenters. The molecule has 0 aliphatic rings. The van der Waals surface area contributed by atoms with Gasteiger partial charge in [0, 0.05) is 19.5 Å². The van der Waals surface area contributed by atoms with Crippen molar-refractivity contribution >= 4 is 11.9 Å². The zero-order valence-electron chi connectivity index (χ0n) is 9.60. The molecule has 0 bridgehead atoms. The van der Waals surface area contributed by atoms with Gasteiger partial charge in [0.2, 0.25) is 5.91 Å². The van der Waals surface area contributed by atoms with Crippen LogP contribution in [0.5, 0.6) is 0 Å². The van der Waals surface area contributed by atoms with E-state index in [1.165, 1.54) is 11.8 Å². The molecule has 0 aliphatic carbocycles. The van der Waals surface area contributed by atoms with Crippen LogP contribution in [0.4, 0.5) is 0 Å². The first-order chi connectivity index (χ1) is 6.77. The Balaban J connectivity index is 4.37. The predicted molar refractivity (Wildman–Crippen MR) is 55.3 cm³/mol. The smallest absolute Gasteiger partial charge is 0.307 e. The Bertz CT molecular complexity index is 240. The molecule has 0 aromatic rings. The summed E-state index contributed by atoms with van der Waals surface area (Å²) in [7, 11) is 1.56. The predicted octanol–water partition coefficient (Wildman–Crippen LogP) is 0.182. The Labute approximate surface area is 89.7 Å². The van der Waals surface area contributed by atoms with Crippen LogP contribution < -0.4 is 0 Å². The molecule has 0 radical (unpaired) electrons. The molecule has 0 fully saturated rings. The van der Waals surface area contributed by atoms with E-state index in [0.717, 1.165) is 0 Å². The second-order valence-electron chi connectivity index (χ2n) is 3.98. The van der Waals surface area contributed by atoms with E-state index in [4.69, 9.17) is 10.2 Å². The fraction of sp³-hybridized carbons (Fsp3) is 0.800. The first-order valence-electron chi connectivity index (χ1n) is 4.93. The number of carboxylic acids is 1. The highest BCUT2D eigenvalue weighted by atomic mass is 16.4. The van der Waals surface area contributed by atoms with Gasteiger partial charge in [-0.25, -0.2) is 0 Å². The van der Waals surface area contributed by atoms with E-state index in [0.29, 0.717) is 0 Å². The zero-order chi connectivity index (χ0) is 12.2. The van der Waals surface area contributed by atoms with Crippen molar-refractivity contribution in [2.75, 3.05) is 13.6 Å². The average Bonchev–Trinajstić information content (AvgIpc) is 2.13. The third-order valence-electron chi connectivity index (χ3n) is 2.44. The topological polar surface area (TPSA) is 77.8 Å². The van der Waals surface area contributed by atoms with E-state index in [-0.39, 0.29) is 12.5 Å². The number of aliphatic hydroxyl groups excluding tert-OH is 1. The lowest BCUT2D eigenvalue weighted by Crippen LogP contribution is -2.39. The van der Waals surface area contributed by atoms with Gasteiger partial charge in [-0.3, -0.25) is 9.59 Å². The Morgan fingerprint density at radius 1 is 1.20 bits per heavy atom. The van der Waals surface area contributed by atoms with E-state index < -0.39 is 23.9 Å². The molecule has 0 aromatic heterocycles. The highest BCUT2D eigenvalue weighted by Gasteiger charge is 2.28. The molecule has 0 rings (SSSR count). The van der Waals surface area contributed by atoms with E-state index in [1.807, 2.05) is 0 Å². The van der Waals surface area contributed by atoms with E-state index >= 15 is 0 Å². The highest BCUT2D eigenvalue weighted by Crippen LogP contribution is 2.13. The number of rotatable bonds is 5. The monoisotopic (exact) mass is 217 g/mol. The van der Waals surface area contributed by atoms with E-state index in [2.05, 4.69) is 0 Å². The summed E-state index contributed by atoms with van der Waals surface area (Å²) in [6, 6.07) is 0. The van der Waals surface area contributed by atoms with Crippen molar-refractivity contribution < 1.29 is 19.8 Å². The Kier molecular flexibility index (Phi) is 5.28. The molecule has 2 N–H and O–H groups in total. The van der Waals surface area contributed by atoms with Gasteiger partial charge in [-0.05, 0) is 6.92 Å². The number of hydrogen-bond acceptors (Lipinski definition) is 3. The molecule has 88 valence electrons. The third-order valence-corrected chi connectivity index (χ3v) is 2.44. The summed E-state index contributed by atoms with van der Waals surface area (Å²) in [6.45, 7) is 4.88. The van der Waals surface area contributed by atoms with Gasteiger partial charge < -0.3 is 15.1 Å². The number of amides is 1. The summed E-state index contributed by atoms with van der Waals surface area (Å²) >= 11 is 0. The maximum atomic E-state index is 11.7. The Morgan fingerprint density at radius 3 is 2.00 bits per heavy atom. The number of carboxylic acid groups (broad SMARTS) is 1.